The van der Waals surface area contributed by atoms with Crippen LogP contribution in [-0.2, 0) is 6.42 Å². The maximum atomic E-state index is 12.0. The van der Waals surface area contributed by atoms with Crippen LogP contribution in [0.2, 0.25) is 0 Å². The molecule has 0 aliphatic carbocycles. The highest BCUT2D eigenvalue weighted by Crippen LogP contribution is 2.15. The van der Waals surface area contributed by atoms with E-state index in [1.807, 2.05) is 18.2 Å². The van der Waals surface area contributed by atoms with E-state index in [9.17, 15) is 9.90 Å². The van der Waals surface area contributed by atoms with Gasteiger partial charge in [-0.05, 0) is 18.1 Å². The van der Waals surface area contributed by atoms with Crippen molar-refractivity contribution in [3.8, 4) is 5.88 Å². The van der Waals surface area contributed by atoms with Gasteiger partial charge in [0.2, 0.25) is 5.88 Å². The molecule has 6 nitrogen and oxygen atoms in total. The number of aromatic nitrogens is 1. The highest BCUT2D eigenvalue weighted by Gasteiger charge is 2.24. The second kappa shape index (κ2) is 7.79. The fourth-order valence-corrected chi connectivity index (χ4v) is 2.59. The molecule has 24 heavy (non-hydrogen) atoms. The minimum absolute atomic E-state index is 0.217. The second-order valence-corrected chi connectivity index (χ2v) is 5.79. The Hall–Kier alpha value is -2.60. The first-order valence-corrected chi connectivity index (χ1v) is 8.07. The van der Waals surface area contributed by atoms with Crippen LogP contribution in [0.3, 0.4) is 0 Å². The first-order chi connectivity index (χ1) is 11.7. The summed E-state index contributed by atoms with van der Waals surface area (Å²) in [5.74, 6) is 0.528. The number of carbonyl (C=O) groups is 1. The lowest BCUT2D eigenvalue weighted by molar-refractivity contribution is 0.176. The molecule has 2 amide bonds. The third-order valence-corrected chi connectivity index (χ3v) is 3.92. The fraction of sp³-hybridized carbons (Fsp3) is 0.333. The van der Waals surface area contributed by atoms with Crippen molar-refractivity contribution in [3.05, 3.63) is 54.2 Å². The number of hydrogen-bond donors (Lipinski definition) is 2. The lowest BCUT2D eigenvalue weighted by Gasteiger charge is -2.16. The topological polar surface area (TPSA) is 74.7 Å². The summed E-state index contributed by atoms with van der Waals surface area (Å²) in [6.45, 7) is 1.50. The predicted octanol–water partition coefficient (Wildman–Crippen LogP) is 2.30. The molecule has 126 valence electrons. The van der Waals surface area contributed by atoms with Gasteiger partial charge in [0.1, 0.15) is 0 Å². The Bertz CT molecular complexity index is 661. The third kappa shape index (κ3) is 4.45. The van der Waals surface area contributed by atoms with Gasteiger partial charge in [-0.1, -0.05) is 30.3 Å². The van der Waals surface area contributed by atoms with Crippen LogP contribution < -0.4 is 10.1 Å². The molecule has 3 rings (SSSR count). The molecule has 0 spiro atoms. The van der Waals surface area contributed by atoms with Gasteiger partial charge < -0.3 is 20.1 Å². The number of aliphatic hydroxyl groups is 1. The fourth-order valence-electron chi connectivity index (χ4n) is 2.59. The van der Waals surface area contributed by atoms with Crippen molar-refractivity contribution in [2.75, 3.05) is 25.0 Å². The largest absolute Gasteiger partial charge is 0.477 e. The van der Waals surface area contributed by atoms with E-state index in [4.69, 9.17) is 4.74 Å². The van der Waals surface area contributed by atoms with Crippen molar-refractivity contribution < 1.29 is 14.6 Å². The van der Waals surface area contributed by atoms with Crippen molar-refractivity contribution in [2.24, 2.45) is 0 Å². The number of β-amino-alcohol motifs (C(OH)–C–C–N with tert-alkyl or cyclic N) is 1. The van der Waals surface area contributed by atoms with Gasteiger partial charge in [0.25, 0.3) is 0 Å². The van der Waals surface area contributed by atoms with E-state index in [1.165, 1.54) is 5.56 Å². The molecule has 1 aliphatic heterocycles. The molecule has 1 aromatic heterocycles. The molecule has 1 atom stereocenters. The Balaban J connectivity index is 1.45. The maximum absolute atomic E-state index is 12.0. The Morgan fingerprint density at radius 3 is 2.79 bits per heavy atom. The molecule has 0 radical (unpaired) electrons. The summed E-state index contributed by atoms with van der Waals surface area (Å²) in [5.41, 5.74) is 1.82. The van der Waals surface area contributed by atoms with Crippen LogP contribution in [0.15, 0.2) is 48.7 Å². The van der Waals surface area contributed by atoms with Gasteiger partial charge in [0, 0.05) is 25.6 Å². The van der Waals surface area contributed by atoms with E-state index in [0.29, 0.717) is 37.7 Å². The molecule has 2 N–H and O–H groups in total. The molecular formula is C18H21N3O3. The van der Waals surface area contributed by atoms with Crippen LogP contribution in [0, 0.1) is 0 Å². The van der Waals surface area contributed by atoms with Gasteiger partial charge in [0.05, 0.1) is 24.6 Å². The molecule has 1 aromatic carbocycles. The third-order valence-electron chi connectivity index (χ3n) is 3.92. The van der Waals surface area contributed by atoms with E-state index in [-0.39, 0.29) is 6.03 Å². The highest BCUT2D eigenvalue weighted by molar-refractivity contribution is 5.89. The average molecular weight is 327 g/mol. The van der Waals surface area contributed by atoms with E-state index in [1.54, 1.807) is 23.2 Å². The molecule has 1 aliphatic rings. The van der Waals surface area contributed by atoms with E-state index < -0.39 is 6.10 Å². The van der Waals surface area contributed by atoms with Crippen LogP contribution in [0.5, 0.6) is 5.88 Å². The lowest BCUT2D eigenvalue weighted by atomic mass is 10.2. The summed E-state index contributed by atoms with van der Waals surface area (Å²) in [6.07, 6.45) is 2.59. The molecule has 0 bridgehead atoms. The minimum atomic E-state index is -0.422. The zero-order valence-corrected chi connectivity index (χ0v) is 13.4. The molecule has 1 saturated heterocycles. The number of carbonyl (C=O) groups excluding carboxylic acids is 1. The predicted molar refractivity (Wildman–Crippen MR) is 91.1 cm³/mol. The normalized spacial score (nSPS) is 16.9. The second-order valence-electron chi connectivity index (χ2n) is 5.79. The van der Waals surface area contributed by atoms with E-state index >= 15 is 0 Å². The van der Waals surface area contributed by atoms with Gasteiger partial charge in [0.15, 0.2) is 0 Å². The van der Waals surface area contributed by atoms with Crippen LogP contribution >= 0.6 is 0 Å². The number of ether oxygens (including phenoxy) is 1. The summed E-state index contributed by atoms with van der Waals surface area (Å²) in [4.78, 5) is 17.8. The number of benzene rings is 1. The number of nitrogens with zero attached hydrogens (tertiary/aromatic N) is 2. The number of pyridine rings is 1. The lowest BCUT2D eigenvalue weighted by Crippen LogP contribution is -2.33. The Morgan fingerprint density at radius 2 is 2.12 bits per heavy atom. The number of amides is 2. The van der Waals surface area contributed by atoms with Crippen LogP contribution in [0.25, 0.3) is 0 Å². The minimum Gasteiger partial charge on any atom is -0.477 e. The summed E-state index contributed by atoms with van der Waals surface area (Å²) in [5, 5.41) is 12.2. The molecule has 0 saturated carbocycles. The zero-order valence-electron chi connectivity index (χ0n) is 13.4. The summed E-state index contributed by atoms with van der Waals surface area (Å²) < 4.78 is 5.62. The van der Waals surface area contributed by atoms with Gasteiger partial charge >= 0.3 is 6.03 Å². The number of rotatable bonds is 5. The smallest absolute Gasteiger partial charge is 0.321 e. The van der Waals surface area contributed by atoms with Gasteiger partial charge in [-0.3, -0.25) is 0 Å². The number of aliphatic hydroxyl groups excluding tert-OH is 1. The van der Waals surface area contributed by atoms with Crippen molar-refractivity contribution in [2.45, 2.75) is 18.9 Å². The maximum Gasteiger partial charge on any atom is 0.321 e. The van der Waals surface area contributed by atoms with Crippen LogP contribution in [0.4, 0.5) is 10.5 Å². The number of likely N-dealkylation sites (tertiary alicyclic amines) is 1. The van der Waals surface area contributed by atoms with Crippen molar-refractivity contribution in [1.29, 1.82) is 0 Å². The highest BCUT2D eigenvalue weighted by atomic mass is 16.5. The first kappa shape index (κ1) is 16.3. The quantitative estimate of drug-likeness (QED) is 0.884. The molecule has 2 heterocycles. The average Bonchev–Trinajstić information content (AvgIpc) is 3.04. The van der Waals surface area contributed by atoms with Gasteiger partial charge in [-0.2, -0.15) is 0 Å². The zero-order chi connectivity index (χ0) is 16.8. The van der Waals surface area contributed by atoms with E-state index in [2.05, 4.69) is 22.4 Å². The SMILES string of the molecule is O=C(Nc1ccc(OCCc2ccccc2)nc1)N1CC[C@@H](O)C1. The monoisotopic (exact) mass is 327 g/mol. The molecule has 2 aromatic rings. The van der Waals surface area contributed by atoms with E-state index in [0.717, 1.165) is 6.42 Å². The standard InChI is InChI=1S/C18H21N3O3/c22-16-8-10-21(13-16)18(23)20-15-6-7-17(19-12-15)24-11-9-14-4-2-1-3-5-14/h1-7,12,16,22H,8-11,13H2,(H,20,23)/t16-/m1/s1. The summed E-state index contributed by atoms with van der Waals surface area (Å²) in [7, 11) is 0. The van der Waals surface area contributed by atoms with Crippen molar-refractivity contribution in [3.63, 3.8) is 0 Å². The molecule has 6 heteroatoms. The molecular weight excluding hydrogens is 306 g/mol. The van der Waals surface area contributed by atoms with Crippen molar-refractivity contribution in [1.82, 2.24) is 9.88 Å². The number of anilines is 1. The van der Waals surface area contributed by atoms with Crippen LogP contribution in [0.1, 0.15) is 12.0 Å². The molecule has 0 unspecified atom stereocenters. The Labute approximate surface area is 141 Å². The number of hydrogen-bond acceptors (Lipinski definition) is 4. The number of urea groups is 1. The molecule has 1 fully saturated rings. The van der Waals surface area contributed by atoms with Crippen LogP contribution in [-0.4, -0.2) is 46.8 Å². The Kier molecular flexibility index (Phi) is 5.28. The number of nitrogens with one attached hydrogen (secondary N) is 1. The first-order valence-electron chi connectivity index (χ1n) is 8.07. The van der Waals surface area contributed by atoms with Gasteiger partial charge in [-0.15, -0.1) is 0 Å². The van der Waals surface area contributed by atoms with Gasteiger partial charge in [-0.25, -0.2) is 9.78 Å². The summed E-state index contributed by atoms with van der Waals surface area (Å²) >= 11 is 0. The van der Waals surface area contributed by atoms with Crippen molar-refractivity contribution >= 4 is 11.7 Å². The summed E-state index contributed by atoms with van der Waals surface area (Å²) in [6, 6.07) is 13.4. The Morgan fingerprint density at radius 1 is 1.29 bits per heavy atom.